The summed E-state index contributed by atoms with van der Waals surface area (Å²) in [4.78, 5) is 25.2. The fraction of sp³-hybridized carbons (Fsp3) is 0.176. The van der Waals surface area contributed by atoms with Crippen molar-refractivity contribution in [1.82, 2.24) is 0 Å². The number of nitrogens with zero attached hydrogens (tertiary/aromatic N) is 1. The lowest BCUT2D eigenvalue weighted by Crippen LogP contribution is -2.33. The van der Waals surface area contributed by atoms with Gasteiger partial charge in [-0.25, -0.2) is 4.39 Å². The fourth-order valence-electron chi connectivity index (χ4n) is 2.66. The van der Waals surface area contributed by atoms with Gasteiger partial charge in [-0.3, -0.25) is 9.59 Å². The van der Waals surface area contributed by atoms with Gasteiger partial charge in [-0.1, -0.05) is 11.6 Å². The number of carbonyl (C=O) groups excluding carboxylic acids is 2. The third-order valence-electron chi connectivity index (χ3n) is 3.93. The van der Waals surface area contributed by atoms with E-state index in [0.717, 1.165) is 5.69 Å². The number of benzene rings is 2. The lowest BCUT2D eigenvalue weighted by Gasteiger charge is -2.18. The molecule has 5 nitrogen and oxygen atoms in total. The molecule has 0 bridgehead atoms. The van der Waals surface area contributed by atoms with E-state index >= 15 is 0 Å². The number of anilines is 2. The second-order valence-electron chi connectivity index (χ2n) is 5.52. The molecule has 1 aliphatic heterocycles. The van der Waals surface area contributed by atoms with E-state index in [4.69, 9.17) is 17.3 Å². The molecule has 1 atom stereocenters. The first-order chi connectivity index (χ1) is 11.5. The number of nitrogens with two attached hydrogens (primary N) is 1. The van der Waals surface area contributed by atoms with Crippen LogP contribution in [0.2, 0.25) is 5.02 Å². The van der Waals surface area contributed by atoms with Gasteiger partial charge in [-0.15, -0.1) is 0 Å². The molecular weight excluding hydrogens is 333 g/mol. The molecule has 0 spiro atoms. The van der Waals surface area contributed by atoms with Gasteiger partial charge < -0.3 is 16.0 Å². The van der Waals surface area contributed by atoms with Crippen molar-refractivity contribution in [3.8, 4) is 0 Å². The van der Waals surface area contributed by atoms with Crippen LogP contribution in [0.1, 0.15) is 16.8 Å². The van der Waals surface area contributed by atoms with Crippen LogP contribution in [-0.4, -0.2) is 24.4 Å². The Bertz CT molecular complexity index is 795. The highest BCUT2D eigenvalue weighted by Gasteiger charge is 2.32. The summed E-state index contributed by atoms with van der Waals surface area (Å²) >= 11 is 5.78. The van der Waals surface area contributed by atoms with Crippen molar-refractivity contribution in [3.05, 3.63) is 58.9 Å². The standard InChI is InChI=1S/C17H15ClFN3O2/c18-13-9-12(5-6-14(13)19)22-8-7-15(17(22)24)21-11-3-1-10(2-4-11)16(20)23/h1-6,9,15,21H,7-8H2,(H2,20,23)/t15-/m1/s1. The lowest BCUT2D eigenvalue weighted by atomic mass is 10.1. The highest BCUT2D eigenvalue weighted by molar-refractivity contribution is 6.31. The van der Waals surface area contributed by atoms with Crippen LogP contribution in [-0.2, 0) is 4.79 Å². The number of nitrogens with one attached hydrogen (secondary N) is 1. The predicted octanol–water partition coefficient (Wildman–Crippen LogP) is 2.80. The van der Waals surface area contributed by atoms with E-state index in [1.54, 1.807) is 29.2 Å². The third kappa shape index (κ3) is 3.19. The summed E-state index contributed by atoms with van der Waals surface area (Å²) in [5.74, 6) is -1.13. The largest absolute Gasteiger partial charge is 0.374 e. The van der Waals surface area contributed by atoms with E-state index in [9.17, 15) is 14.0 Å². The van der Waals surface area contributed by atoms with E-state index in [2.05, 4.69) is 5.32 Å². The predicted molar refractivity (Wildman–Crippen MR) is 90.8 cm³/mol. The van der Waals surface area contributed by atoms with Crippen molar-refractivity contribution in [3.63, 3.8) is 0 Å². The van der Waals surface area contributed by atoms with Crippen LogP contribution in [0.5, 0.6) is 0 Å². The number of amides is 2. The molecule has 3 rings (SSSR count). The maximum atomic E-state index is 13.3. The Labute approximate surface area is 143 Å². The number of hydrogen-bond donors (Lipinski definition) is 2. The molecule has 1 fully saturated rings. The van der Waals surface area contributed by atoms with Crippen LogP contribution in [0.25, 0.3) is 0 Å². The molecule has 124 valence electrons. The Balaban J connectivity index is 1.71. The van der Waals surface area contributed by atoms with Crippen molar-refractivity contribution in [1.29, 1.82) is 0 Å². The molecule has 24 heavy (non-hydrogen) atoms. The summed E-state index contributed by atoms with van der Waals surface area (Å²) in [6.45, 7) is 0.512. The molecule has 2 aromatic rings. The van der Waals surface area contributed by atoms with E-state index < -0.39 is 17.8 Å². The van der Waals surface area contributed by atoms with Crippen molar-refractivity contribution in [2.24, 2.45) is 5.73 Å². The summed E-state index contributed by atoms with van der Waals surface area (Å²) in [5.41, 5.74) is 6.89. The third-order valence-corrected chi connectivity index (χ3v) is 4.22. The van der Waals surface area contributed by atoms with Gasteiger partial charge in [0.25, 0.3) is 0 Å². The van der Waals surface area contributed by atoms with Gasteiger partial charge in [0.05, 0.1) is 5.02 Å². The number of halogens is 2. The summed E-state index contributed by atoms with van der Waals surface area (Å²) < 4.78 is 13.3. The van der Waals surface area contributed by atoms with Crippen LogP contribution >= 0.6 is 11.6 Å². The van der Waals surface area contributed by atoms with Gasteiger partial charge in [-0.2, -0.15) is 0 Å². The summed E-state index contributed by atoms with van der Waals surface area (Å²) in [6, 6.07) is 10.4. The molecule has 1 heterocycles. The van der Waals surface area contributed by atoms with E-state index in [-0.39, 0.29) is 10.9 Å². The molecular formula is C17H15ClFN3O2. The van der Waals surface area contributed by atoms with Crippen LogP contribution in [0, 0.1) is 5.82 Å². The molecule has 1 aliphatic rings. The smallest absolute Gasteiger partial charge is 0.249 e. The minimum Gasteiger partial charge on any atom is -0.374 e. The van der Waals surface area contributed by atoms with Gasteiger partial charge >= 0.3 is 0 Å². The molecule has 7 heteroatoms. The normalized spacial score (nSPS) is 17.2. The maximum Gasteiger partial charge on any atom is 0.249 e. The number of carbonyl (C=O) groups is 2. The minimum atomic E-state index is -0.517. The van der Waals surface area contributed by atoms with E-state index in [0.29, 0.717) is 24.2 Å². The molecule has 0 unspecified atom stereocenters. The zero-order chi connectivity index (χ0) is 17.3. The van der Waals surface area contributed by atoms with Crippen molar-refractivity contribution in [2.75, 3.05) is 16.8 Å². The Kier molecular flexibility index (Phi) is 4.40. The first kappa shape index (κ1) is 16.3. The van der Waals surface area contributed by atoms with Crippen LogP contribution in [0.3, 0.4) is 0 Å². The molecule has 3 N–H and O–H groups in total. The minimum absolute atomic E-state index is 0.0150. The Hall–Kier alpha value is -2.60. The summed E-state index contributed by atoms with van der Waals surface area (Å²) in [5, 5.41) is 3.12. The average molecular weight is 348 g/mol. The molecule has 2 aromatic carbocycles. The maximum absolute atomic E-state index is 13.3. The molecule has 0 aromatic heterocycles. The quantitative estimate of drug-likeness (QED) is 0.893. The first-order valence-electron chi connectivity index (χ1n) is 7.38. The molecule has 0 radical (unpaired) electrons. The van der Waals surface area contributed by atoms with Crippen LogP contribution in [0.4, 0.5) is 15.8 Å². The van der Waals surface area contributed by atoms with Gasteiger partial charge in [0.2, 0.25) is 11.8 Å². The Morgan fingerprint density at radius 1 is 1.25 bits per heavy atom. The monoisotopic (exact) mass is 347 g/mol. The zero-order valence-electron chi connectivity index (χ0n) is 12.6. The molecule has 0 saturated carbocycles. The van der Waals surface area contributed by atoms with Crippen molar-refractivity contribution >= 4 is 34.8 Å². The number of hydrogen-bond acceptors (Lipinski definition) is 3. The zero-order valence-corrected chi connectivity index (χ0v) is 13.4. The van der Waals surface area contributed by atoms with Crippen LogP contribution < -0.4 is 16.0 Å². The van der Waals surface area contributed by atoms with Crippen molar-refractivity contribution in [2.45, 2.75) is 12.5 Å². The van der Waals surface area contributed by atoms with Gasteiger partial charge in [0, 0.05) is 23.5 Å². The summed E-state index contributed by atoms with van der Waals surface area (Å²) in [7, 11) is 0. The van der Waals surface area contributed by atoms with E-state index in [1.165, 1.54) is 18.2 Å². The van der Waals surface area contributed by atoms with Gasteiger partial charge in [0.15, 0.2) is 0 Å². The molecule has 2 amide bonds. The lowest BCUT2D eigenvalue weighted by molar-refractivity contribution is -0.117. The van der Waals surface area contributed by atoms with Gasteiger partial charge in [-0.05, 0) is 48.9 Å². The fourth-order valence-corrected chi connectivity index (χ4v) is 2.83. The van der Waals surface area contributed by atoms with Gasteiger partial charge in [0.1, 0.15) is 11.9 Å². The molecule has 1 saturated heterocycles. The topological polar surface area (TPSA) is 75.4 Å². The number of rotatable bonds is 4. The van der Waals surface area contributed by atoms with Crippen molar-refractivity contribution < 1.29 is 14.0 Å². The van der Waals surface area contributed by atoms with Crippen LogP contribution in [0.15, 0.2) is 42.5 Å². The average Bonchev–Trinajstić information content (AvgIpc) is 2.91. The highest BCUT2D eigenvalue weighted by atomic mass is 35.5. The second-order valence-corrected chi connectivity index (χ2v) is 5.92. The Morgan fingerprint density at radius 3 is 2.58 bits per heavy atom. The number of primary amides is 1. The first-order valence-corrected chi connectivity index (χ1v) is 7.76. The SMILES string of the molecule is NC(=O)c1ccc(N[C@@H]2CCN(c3ccc(F)c(Cl)c3)C2=O)cc1. The van der Waals surface area contributed by atoms with E-state index in [1.807, 2.05) is 0 Å². The highest BCUT2D eigenvalue weighted by Crippen LogP contribution is 2.27. The second kappa shape index (κ2) is 6.49. The summed E-state index contributed by atoms with van der Waals surface area (Å²) in [6.07, 6.45) is 0.603. The Morgan fingerprint density at radius 2 is 1.96 bits per heavy atom. The molecule has 0 aliphatic carbocycles.